The Balaban J connectivity index is 1.72. The molecule has 2 N–H and O–H groups in total. The monoisotopic (exact) mass is 256 g/mol. The highest BCUT2D eigenvalue weighted by molar-refractivity contribution is 5.44. The summed E-state index contributed by atoms with van der Waals surface area (Å²) in [7, 11) is 0. The summed E-state index contributed by atoms with van der Waals surface area (Å²) in [5.41, 5.74) is 1.93. The molecule has 0 amide bonds. The number of hydrogen-bond acceptors (Lipinski definition) is 4. The highest BCUT2D eigenvalue weighted by atomic mass is 16.3. The number of imidazole rings is 1. The van der Waals surface area contributed by atoms with E-state index in [1.165, 1.54) is 0 Å². The van der Waals surface area contributed by atoms with Crippen LogP contribution >= 0.6 is 0 Å². The van der Waals surface area contributed by atoms with E-state index in [1.807, 2.05) is 10.5 Å². The predicted octanol–water partition coefficient (Wildman–Crippen LogP) is 1.21. The van der Waals surface area contributed by atoms with E-state index in [2.05, 4.69) is 16.4 Å². The average molecular weight is 256 g/mol. The molecule has 19 heavy (non-hydrogen) atoms. The van der Waals surface area contributed by atoms with Crippen molar-refractivity contribution in [1.82, 2.24) is 14.7 Å². The van der Waals surface area contributed by atoms with E-state index >= 15 is 0 Å². The van der Waals surface area contributed by atoms with E-state index in [1.54, 1.807) is 18.5 Å². The third kappa shape index (κ3) is 2.33. The summed E-state index contributed by atoms with van der Waals surface area (Å²) in [5.74, 6) is 0. The molecule has 0 bridgehead atoms. The molecule has 2 heterocycles. The Bertz CT molecular complexity index is 636. The van der Waals surface area contributed by atoms with Gasteiger partial charge in [-0.2, -0.15) is 5.26 Å². The van der Waals surface area contributed by atoms with E-state index in [9.17, 15) is 5.11 Å². The third-order valence-corrected chi connectivity index (χ3v) is 3.76. The molecule has 0 aromatic carbocycles. The minimum absolute atomic E-state index is 0.516. The first kappa shape index (κ1) is 12.2. The minimum atomic E-state index is -0.516. The van der Waals surface area contributed by atoms with Crippen LogP contribution in [-0.4, -0.2) is 26.6 Å². The lowest BCUT2D eigenvalue weighted by Crippen LogP contribution is -2.46. The van der Waals surface area contributed by atoms with Crippen LogP contribution in [0, 0.1) is 11.3 Å². The van der Waals surface area contributed by atoms with E-state index in [-0.39, 0.29) is 0 Å². The SMILES string of the molecule is N#Cc1ccc2ncc(CNCC3(O)CCC3)n2c1. The number of pyridine rings is 1. The van der Waals surface area contributed by atoms with Gasteiger partial charge in [0.2, 0.25) is 0 Å². The zero-order chi connectivity index (χ0) is 13.3. The Labute approximate surface area is 111 Å². The van der Waals surface area contributed by atoms with Crippen molar-refractivity contribution in [2.24, 2.45) is 0 Å². The number of aromatic nitrogens is 2. The first-order valence-electron chi connectivity index (χ1n) is 6.49. The summed E-state index contributed by atoms with van der Waals surface area (Å²) < 4.78 is 1.91. The smallest absolute Gasteiger partial charge is 0.137 e. The topological polar surface area (TPSA) is 73.3 Å². The van der Waals surface area contributed by atoms with Crippen molar-refractivity contribution in [3.63, 3.8) is 0 Å². The maximum atomic E-state index is 10.0. The normalized spacial score (nSPS) is 17.1. The molecule has 0 unspecified atom stereocenters. The molecule has 0 radical (unpaired) electrons. The lowest BCUT2D eigenvalue weighted by atomic mass is 9.80. The number of aliphatic hydroxyl groups is 1. The van der Waals surface area contributed by atoms with Gasteiger partial charge in [0.15, 0.2) is 0 Å². The summed E-state index contributed by atoms with van der Waals surface area (Å²) >= 11 is 0. The lowest BCUT2D eigenvalue weighted by Gasteiger charge is -2.36. The van der Waals surface area contributed by atoms with Gasteiger partial charge in [-0.05, 0) is 31.4 Å². The fourth-order valence-corrected chi connectivity index (χ4v) is 2.41. The Kier molecular flexibility index (Phi) is 2.97. The van der Waals surface area contributed by atoms with Gasteiger partial charge < -0.3 is 14.8 Å². The van der Waals surface area contributed by atoms with Gasteiger partial charge in [-0.1, -0.05) is 0 Å². The second-order valence-corrected chi connectivity index (χ2v) is 5.19. The average Bonchev–Trinajstić information content (AvgIpc) is 2.79. The van der Waals surface area contributed by atoms with Crippen molar-refractivity contribution in [3.8, 4) is 6.07 Å². The van der Waals surface area contributed by atoms with Crippen LogP contribution in [0.25, 0.3) is 5.65 Å². The van der Waals surface area contributed by atoms with Crippen molar-refractivity contribution in [3.05, 3.63) is 35.8 Å². The van der Waals surface area contributed by atoms with Crippen LogP contribution in [0.3, 0.4) is 0 Å². The molecule has 3 rings (SSSR count). The van der Waals surface area contributed by atoms with Crippen LogP contribution in [0.4, 0.5) is 0 Å². The van der Waals surface area contributed by atoms with Gasteiger partial charge in [-0.25, -0.2) is 4.98 Å². The fraction of sp³-hybridized carbons (Fsp3) is 0.429. The maximum Gasteiger partial charge on any atom is 0.137 e. The molecule has 2 aromatic rings. The lowest BCUT2D eigenvalue weighted by molar-refractivity contribution is -0.0315. The van der Waals surface area contributed by atoms with Gasteiger partial charge in [0.05, 0.1) is 23.1 Å². The fourth-order valence-electron chi connectivity index (χ4n) is 2.41. The zero-order valence-corrected chi connectivity index (χ0v) is 10.6. The van der Waals surface area contributed by atoms with Crippen LogP contribution < -0.4 is 5.32 Å². The number of nitrogens with one attached hydrogen (secondary N) is 1. The standard InChI is InChI=1S/C14H16N4O/c15-6-11-2-3-13-17-8-12(18(13)9-11)7-16-10-14(19)4-1-5-14/h2-3,8-9,16,19H,1,4-5,7,10H2. The highest BCUT2D eigenvalue weighted by Crippen LogP contribution is 2.30. The number of rotatable bonds is 4. The molecular formula is C14H16N4O. The van der Waals surface area contributed by atoms with E-state index < -0.39 is 5.60 Å². The van der Waals surface area contributed by atoms with Crippen molar-refractivity contribution in [1.29, 1.82) is 5.26 Å². The van der Waals surface area contributed by atoms with Gasteiger partial charge in [-0.15, -0.1) is 0 Å². The molecule has 1 saturated carbocycles. The quantitative estimate of drug-likeness (QED) is 0.862. The molecule has 98 valence electrons. The number of fused-ring (bicyclic) bond motifs is 1. The molecule has 0 atom stereocenters. The van der Waals surface area contributed by atoms with Crippen LogP contribution in [-0.2, 0) is 6.54 Å². The molecule has 0 aliphatic heterocycles. The third-order valence-electron chi connectivity index (χ3n) is 3.76. The number of nitrogens with zero attached hydrogens (tertiary/aromatic N) is 3. The first-order chi connectivity index (χ1) is 9.20. The van der Waals surface area contributed by atoms with Gasteiger partial charge in [0.25, 0.3) is 0 Å². The van der Waals surface area contributed by atoms with Gasteiger partial charge >= 0.3 is 0 Å². The number of hydrogen-bond donors (Lipinski definition) is 2. The van der Waals surface area contributed by atoms with Crippen LogP contribution in [0.1, 0.15) is 30.5 Å². The summed E-state index contributed by atoms with van der Waals surface area (Å²) in [6, 6.07) is 5.72. The second-order valence-electron chi connectivity index (χ2n) is 5.19. The molecular weight excluding hydrogens is 240 g/mol. The van der Waals surface area contributed by atoms with Crippen molar-refractivity contribution in [2.75, 3.05) is 6.54 Å². The minimum Gasteiger partial charge on any atom is -0.389 e. The molecule has 2 aromatic heterocycles. The first-order valence-corrected chi connectivity index (χ1v) is 6.49. The molecule has 1 aliphatic carbocycles. The van der Waals surface area contributed by atoms with Crippen molar-refractivity contribution >= 4 is 5.65 Å². The zero-order valence-electron chi connectivity index (χ0n) is 10.6. The summed E-state index contributed by atoms with van der Waals surface area (Å²) in [6.45, 7) is 1.25. The van der Waals surface area contributed by atoms with Gasteiger partial charge in [-0.3, -0.25) is 0 Å². The largest absolute Gasteiger partial charge is 0.389 e. The van der Waals surface area contributed by atoms with E-state index in [4.69, 9.17) is 5.26 Å². The Morgan fingerprint density at radius 2 is 2.32 bits per heavy atom. The summed E-state index contributed by atoms with van der Waals surface area (Å²) in [5, 5.41) is 22.2. The molecule has 1 aliphatic rings. The van der Waals surface area contributed by atoms with E-state index in [0.29, 0.717) is 18.7 Å². The van der Waals surface area contributed by atoms with Gasteiger partial charge in [0, 0.05) is 19.3 Å². The Morgan fingerprint density at radius 1 is 1.47 bits per heavy atom. The molecule has 5 nitrogen and oxygen atoms in total. The summed E-state index contributed by atoms with van der Waals surface area (Å²) in [4.78, 5) is 4.29. The Hall–Kier alpha value is -1.90. The number of nitriles is 1. The van der Waals surface area contributed by atoms with Crippen LogP contribution in [0.5, 0.6) is 0 Å². The van der Waals surface area contributed by atoms with E-state index in [0.717, 1.165) is 30.6 Å². The van der Waals surface area contributed by atoms with Crippen molar-refractivity contribution in [2.45, 2.75) is 31.4 Å². The molecule has 5 heteroatoms. The second kappa shape index (κ2) is 4.65. The maximum absolute atomic E-state index is 10.0. The van der Waals surface area contributed by atoms with Crippen LogP contribution in [0.2, 0.25) is 0 Å². The molecule has 1 fully saturated rings. The molecule has 0 saturated heterocycles. The summed E-state index contributed by atoms with van der Waals surface area (Å²) in [6.07, 6.45) is 6.46. The Morgan fingerprint density at radius 3 is 3.00 bits per heavy atom. The van der Waals surface area contributed by atoms with Crippen LogP contribution in [0.15, 0.2) is 24.5 Å². The predicted molar refractivity (Wildman–Crippen MR) is 70.4 cm³/mol. The molecule has 0 spiro atoms. The van der Waals surface area contributed by atoms with Crippen molar-refractivity contribution < 1.29 is 5.11 Å². The highest BCUT2D eigenvalue weighted by Gasteiger charge is 2.33. The van der Waals surface area contributed by atoms with Gasteiger partial charge in [0.1, 0.15) is 11.7 Å².